The summed E-state index contributed by atoms with van der Waals surface area (Å²) in [6.07, 6.45) is 4.82. The van der Waals surface area contributed by atoms with Gasteiger partial charge in [-0.2, -0.15) is 4.98 Å². The predicted octanol–water partition coefficient (Wildman–Crippen LogP) is 6.04. The number of unbranched alkanes of at least 4 members (excludes halogenated alkanes) is 1. The highest BCUT2D eigenvalue weighted by molar-refractivity contribution is 6.31. The molecular weight excluding hydrogens is 464 g/mol. The molecular formula is C28H33ClN2O4. The van der Waals surface area contributed by atoms with Crippen molar-refractivity contribution >= 4 is 23.5 Å². The fraction of sp³-hybridized carbons (Fsp3) is 0.393. The van der Waals surface area contributed by atoms with Crippen molar-refractivity contribution in [3.05, 3.63) is 82.8 Å². The summed E-state index contributed by atoms with van der Waals surface area (Å²) in [5.41, 5.74) is 0.334. The van der Waals surface area contributed by atoms with Gasteiger partial charge in [0.15, 0.2) is 5.41 Å². The summed E-state index contributed by atoms with van der Waals surface area (Å²) in [4.78, 5) is 31.2. The van der Waals surface area contributed by atoms with Crippen LogP contribution in [0.1, 0.15) is 57.0 Å². The number of aromatic nitrogens is 2. The maximum Gasteiger partial charge on any atom is 0.330 e. The molecule has 3 aromatic rings. The van der Waals surface area contributed by atoms with Crippen molar-refractivity contribution < 1.29 is 19.1 Å². The smallest absolute Gasteiger partial charge is 0.330 e. The molecule has 1 heterocycles. The van der Waals surface area contributed by atoms with E-state index >= 15 is 0 Å². The zero-order valence-electron chi connectivity index (χ0n) is 20.6. The van der Waals surface area contributed by atoms with Gasteiger partial charge in [0.25, 0.3) is 0 Å². The Kier molecular flexibility index (Phi) is 9.49. The summed E-state index contributed by atoms with van der Waals surface area (Å²) in [5, 5.41) is 0.663. The number of rotatable bonds is 12. The molecule has 0 aliphatic heterocycles. The summed E-state index contributed by atoms with van der Waals surface area (Å²) < 4.78 is 13.1. The minimum Gasteiger partial charge on any atom is -0.465 e. The number of hydrogen-bond acceptors (Lipinski definition) is 5. The van der Waals surface area contributed by atoms with Crippen LogP contribution in [0.4, 0.5) is 0 Å². The Labute approximate surface area is 212 Å². The average molecular weight is 497 g/mol. The molecule has 0 aliphatic carbocycles. The molecule has 1 aromatic heterocycles. The van der Waals surface area contributed by atoms with Crippen LogP contribution in [-0.4, -0.2) is 28.1 Å². The maximum absolute atomic E-state index is 13.5. The van der Waals surface area contributed by atoms with Gasteiger partial charge in [-0.1, -0.05) is 80.4 Å². The summed E-state index contributed by atoms with van der Waals surface area (Å²) in [5.74, 6) is -0.274. The number of carbonyl (C=O) groups excluding carboxylic acids is 2. The predicted molar refractivity (Wildman–Crippen MR) is 137 cm³/mol. The molecule has 0 N–H and O–H groups in total. The molecule has 0 aliphatic rings. The number of ether oxygens (including phenoxy) is 2. The SMILES string of the molecule is CCCCc1nc(OC(=O)C(CC)(Cc2ccccc2)C(=O)OCC)cn1Cc1ccccc1Cl. The van der Waals surface area contributed by atoms with Crippen LogP contribution < -0.4 is 4.74 Å². The van der Waals surface area contributed by atoms with Crippen LogP contribution in [0, 0.1) is 5.41 Å². The highest BCUT2D eigenvalue weighted by atomic mass is 35.5. The Balaban J connectivity index is 1.91. The molecule has 1 unspecified atom stereocenters. The van der Waals surface area contributed by atoms with E-state index in [9.17, 15) is 9.59 Å². The van der Waals surface area contributed by atoms with E-state index in [1.807, 2.05) is 59.2 Å². The molecule has 0 saturated carbocycles. The van der Waals surface area contributed by atoms with Gasteiger partial charge in [-0.15, -0.1) is 0 Å². The van der Waals surface area contributed by atoms with Crippen LogP contribution in [0.25, 0.3) is 0 Å². The second-order valence-electron chi connectivity index (χ2n) is 8.53. The van der Waals surface area contributed by atoms with E-state index in [2.05, 4.69) is 11.9 Å². The van der Waals surface area contributed by atoms with Crippen LogP contribution in [-0.2, 0) is 33.7 Å². The van der Waals surface area contributed by atoms with Crippen molar-refractivity contribution in [1.82, 2.24) is 9.55 Å². The van der Waals surface area contributed by atoms with Gasteiger partial charge < -0.3 is 14.0 Å². The number of imidazole rings is 1. The number of nitrogens with zero attached hydrogens (tertiary/aromatic N) is 2. The minimum atomic E-state index is -1.46. The lowest BCUT2D eigenvalue weighted by Crippen LogP contribution is -2.45. The van der Waals surface area contributed by atoms with Gasteiger partial charge >= 0.3 is 11.9 Å². The topological polar surface area (TPSA) is 70.4 Å². The molecule has 35 heavy (non-hydrogen) atoms. The first-order chi connectivity index (χ1) is 16.9. The van der Waals surface area contributed by atoms with Gasteiger partial charge in [-0.05, 0) is 43.4 Å². The zero-order valence-corrected chi connectivity index (χ0v) is 21.4. The molecule has 2 aromatic carbocycles. The molecule has 0 fully saturated rings. The molecule has 0 saturated heterocycles. The maximum atomic E-state index is 13.5. The lowest BCUT2D eigenvalue weighted by molar-refractivity contribution is -0.167. The Hall–Kier alpha value is -3.12. The second kappa shape index (κ2) is 12.5. The number of esters is 2. The van der Waals surface area contributed by atoms with E-state index in [4.69, 9.17) is 21.1 Å². The number of carbonyl (C=O) groups is 2. The molecule has 0 bridgehead atoms. The minimum absolute atomic E-state index is 0.170. The molecule has 3 rings (SSSR count). The molecule has 186 valence electrons. The average Bonchev–Trinajstić information content (AvgIpc) is 3.24. The first kappa shape index (κ1) is 26.5. The standard InChI is InChI=1S/C28H33ClN2O4/c1-4-7-17-24-30-25(20-31(24)19-22-15-11-12-16-23(22)29)35-27(33)28(5-2,26(32)34-6-3)18-21-13-9-8-10-14-21/h8-16,20H,4-7,17-19H2,1-3H3. The molecule has 1 atom stereocenters. The molecule has 7 heteroatoms. The Morgan fingerprint density at radius 2 is 1.71 bits per heavy atom. The fourth-order valence-corrected chi connectivity index (χ4v) is 4.20. The van der Waals surface area contributed by atoms with E-state index in [0.29, 0.717) is 11.6 Å². The van der Waals surface area contributed by atoms with Crippen LogP contribution in [0.2, 0.25) is 5.02 Å². The van der Waals surface area contributed by atoms with Crippen molar-refractivity contribution in [3.63, 3.8) is 0 Å². The van der Waals surface area contributed by atoms with E-state index in [-0.39, 0.29) is 25.3 Å². The third kappa shape index (κ3) is 6.51. The summed E-state index contributed by atoms with van der Waals surface area (Å²) in [6.45, 7) is 6.31. The van der Waals surface area contributed by atoms with E-state index in [1.165, 1.54) is 0 Å². The molecule has 6 nitrogen and oxygen atoms in total. The van der Waals surface area contributed by atoms with Gasteiger partial charge in [0.2, 0.25) is 5.88 Å². The van der Waals surface area contributed by atoms with Crippen molar-refractivity contribution in [2.24, 2.45) is 5.41 Å². The van der Waals surface area contributed by atoms with Gasteiger partial charge in [-0.3, -0.25) is 9.59 Å². The van der Waals surface area contributed by atoms with Crippen LogP contribution in [0.5, 0.6) is 5.88 Å². The quantitative estimate of drug-likeness (QED) is 0.226. The first-order valence-electron chi connectivity index (χ1n) is 12.2. The van der Waals surface area contributed by atoms with E-state index in [0.717, 1.165) is 36.2 Å². The number of halogens is 1. The van der Waals surface area contributed by atoms with Crippen molar-refractivity contribution in [3.8, 4) is 5.88 Å². The molecule has 0 amide bonds. The van der Waals surface area contributed by atoms with Crippen molar-refractivity contribution in [2.45, 2.75) is 59.4 Å². The Morgan fingerprint density at radius 3 is 2.37 bits per heavy atom. The van der Waals surface area contributed by atoms with Gasteiger partial charge in [0.05, 0.1) is 19.3 Å². The third-order valence-corrected chi connectivity index (χ3v) is 6.46. The molecule has 0 radical (unpaired) electrons. The van der Waals surface area contributed by atoms with Crippen molar-refractivity contribution in [2.75, 3.05) is 6.61 Å². The van der Waals surface area contributed by atoms with E-state index in [1.54, 1.807) is 20.0 Å². The fourth-order valence-electron chi connectivity index (χ4n) is 4.01. The van der Waals surface area contributed by atoms with Gasteiger partial charge in [0, 0.05) is 11.4 Å². The Bertz CT molecular complexity index is 1130. The number of benzene rings is 2. The highest BCUT2D eigenvalue weighted by Crippen LogP contribution is 2.32. The monoisotopic (exact) mass is 496 g/mol. The number of hydrogen-bond donors (Lipinski definition) is 0. The van der Waals surface area contributed by atoms with Crippen LogP contribution in [0.3, 0.4) is 0 Å². The number of aryl methyl sites for hydroxylation is 1. The van der Waals surface area contributed by atoms with Crippen LogP contribution >= 0.6 is 11.6 Å². The van der Waals surface area contributed by atoms with Gasteiger partial charge in [0.1, 0.15) is 5.82 Å². The van der Waals surface area contributed by atoms with Crippen LogP contribution in [0.15, 0.2) is 60.8 Å². The second-order valence-corrected chi connectivity index (χ2v) is 8.93. The first-order valence-corrected chi connectivity index (χ1v) is 12.5. The summed E-state index contributed by atoms with van der Waals surface area (Å²) >= 11 is 6.37. The van der Waals surface area contributed by atoms with Crippen molar-refractivity contribution in [1.29, 1.82) is 0 Å². The summed E-state index contributed by atoms with van der Waals surface area (Å²) in [6, 6.07) is 17.0. The van der Waals surface area contributed by atoms with Gasteiger partial charge in [-0.25, -0.2) is 0 Å². The Morgan fingerprint density at radius 1 is 1.00 bits per heavy atom. The largest absolute Gasteiger partial charge is 0.465 e. The normalized spacial score (nSPS) is 12.7. The van der Waals surface area contributed by atoms with E-state index < -0.39 is 17.4 Å². The zero-order chi connectivity index (χ0) is 25.3. The lowest BCUT2D eigenvalue weighted by atomic mass is 9.79. The highest BCUT2D eigenvalue weighted by Gasteiger charge is 2.48. The molecule has 0 spiro atoms. The third-order valence-electron chi connectivity index (χ3n) is 6.10. The lowest BCUT2D eigenvalue weighted by Gasteiger charge is -2.27. The summed E-state index contributed by atoms with van der Waals surface area (Å²) in [7, 11) is 0.